The van der Waals surface area contributed by atoms with Crippen LogP contribution < -0.4 is 5.32 Å². The molecule has 0 aromatic heterocycles. The first-order chi connectivity index (χ1) is 9.55. The van der Waals surface area contributed by atoms with Gasteiger partial charge in [0.25, 0.3) is 0 Å². The van der Waals surface area contributed by atoms with E-state index in [-0.39, 0.29) is 11.5 Å². The Bertz CT molecular complexity index is 429. The molecule has 0 aliphatic heterocycles. The van der Waals surface area contributed by atoms with Gasteiger partial charge in [-0.3, -0.25) is 0 Å². The number of hydrogen-bond acceptors (Lipinski definition) is 1. The van der Waals surface area contributed by atoms with Crippen molar-refractivity contribution in [3.63, 3.8) is 0 Å². The molecule has 0 radical (unpaired) electrons. The maximum Gasteiger partial charge on any atom is 0.416 e. The zero-order chi connectivity index (χ0) is 16.3. The highest BCUT2D eigenvalue weighted by Gasteiger charge is 2.30. The summed E-state index contributed by atoms with van der Waals surface area (Å²) in [5, 5.41) is 3.38. The molecule has 0 aliphatic rings. The van der Waals surface area contributed by atoms with E-state index in [1.54, 1.807) is 12.1 Å². The number of benzene rings is 1. The summed E-state index contributed by atoms with van der Waals surface area (Å²) in [5.74, 6) is 0.462. The number of nitrogens with one attached hydrogen (secondary N) is 1. The van der Waals surface area contributed by atoms with Gasteiger partial charge in [-0.15, -0.1) is 0 Å². The maximum atomic E-state index is 12.6. The topological polar surface area (TPSA) is 12.0 Å². The predicted octanol–water partition coefficient (Wildman–Crippen LogP) is 5.43. The van der Waals surface area contributed by atoms with Gasteiger partial charge >= 0.3 is 6.18 Å². The van der Waals surface area contributed by atoms with Crippen molar-refractivity contribution in [3.05, 3.63) is 35.4 Å². The largest absolute Gasteiger partial charge is 0.416 e. The molecule has 0 saturated heterocycles. The molecule has 21 heavy (non-hydrogen) atoms. The molecule has 0 fully saturated rings. The van der Waals surface area contributed by atoms with E-state index < -0.39 is 11.7 Å². The summed E-state index contributed by atoms with van der Waals surface area (Å²) >= 11 is 0. The highest BCUT2D eigenvalue weighted by molar-refractivity contribution is 5.27. The SMILES string of the molecule is CCNC(CC(C)C(C)(C)C)c1ccc(C(F)(F)F)cc1. The van der Waals surface area contributed by atoms with Gasteiger partial charge < -0.3 is 5.32 Å². The third-order valence-corrected chi connectivity index (χ3v) is 4.16. The lowest BCUT2D eigenvalue weighted by molar-refractivity contribution is -0.137. The van der Waals surface area contributed by atoms with Gasteiger partial charge in [0.15, 0.2) is 0 Å². The first kappa shape index (κ1) is 18.0. The summed E-state index contributed by atoms with van der Waals surface area (Å²) in [6, 6.07) is 5.60. The second-order valence-corrected chi connectivity index (χ2v) is 6.73. The molecule has 1 aromatic rings. The van der Waals surface area contributed by atoms with Crippen LogP contribution in [0.1, 0.15) is 58.2 Å². The molecule has 1 rings (SSSR count). The Hall–Kier alpha value is -1.03. The van der Waals surface area contributed by atoms with E-state index in [4.69, 9.17) is 0 Å². The van der Waals surface area contributed by atoms with Crippen LogP contribution in [0.25, 0.3) is 0 Å². The van der Waals surface area contributed by atoms with Crippen LogP contribution in [-0.2, 0) is 6.18 Å². The van der Waals surface area contributed by atoms with Crippen LogP contribution >= 0.6 is 0 Å². The van der Waals surface area contributed by atoms with Crippen LogP contribution in [0.15, 0.2) is 24.3 Å². The molecular weight excluding hydrogens is 275 g/mol. The Morgan fingerprint density at radius 2 is 1.57 bits per heavy atom. The minimum Gasteiger partial charge on any atom is -0.310 e. The van der Waals surface area contributed by atoms with E-state index in [1.165, 1.54) is 12.1 Å². The molecule has 1 aromatic carbocycles. The molecule has 0 saturated carbocycles. The Morgan fingerprint density at radius 3 is 1.95 bits per heavy atom. The summed E-state index contributed by atoms with van der Waals surface area (Å²) in [6.45, 7) is 11.6. The Labute approximate surface area is 125 Å². The van der Waals surface area contributed by atoms with Gasteiger partial charge in [0.1, 0.15) is 0 Å². The van der Waals surface area contributed by atoms with E-state index in [0.717, 1.165) is 18.5 Å². The molecule has 0 amide bonds. The zero-order valence-corrected chi connectivity index (χ0v) is 13.5. The minimum absolute atomic E-state index is 0.0894. The van der Waals surface area contributed by atoms with Crippen molar-refractivity contribution >= 4 is 0 Å². The van der Waals surface area contributed by atoms with Crippen molar-refractivity contribution in [2.24, 2.45) is 11.3 Å². The van der Waals surface area contributed by atoms with E-state index in [1.807, 2.05) is 6.92 Å². The van der Waals surface area contributed by atoms with Crippen LogP contribution in [0, 0.1) is 11.3 Å². The van der Waals surface area contributed by atoms with E-state index in [0.29, 0.717) is 5.92 Å². The van der Waals surface area contributed by atoms with Crippen LogP contribution in [0.3, 0.4) is 0 Å². The lowest BCUT2D eigenvalue weighted by atomic mass is 9.77. The number of rotatable bonds is 5. The average Bonchev–Trinajstić information content (AvgIpc) is 2.36. The fourth-order valence-corrected chi connectivity index (χ4v) is 2.20. The average molecular weight is 301 g/mol. The number of alkyl halides is 3. The first-order valence-corrected chi connectivity index (χ1v) is 7.46. The number of hydrogen-bond donors (Lipinski definition) is 1. The summed E-state index contributed by atoms with van der Waals surface area (Å²) in [7, 11) is 0. The van der Waals surface area contributed by atoms with Crippen molar-refractivity contribution in [3.8, 4) is 0 Å². The summed E-state index contributed by atoms with van der Waals surface area (Å²) < 4.78 is 37.9. The van der Waals surface area contributed by atoms with Gasteiger partial charge in [-0.1, -0.05) is 46.8 Å². The Morgan fingerprint density at radius 1 is 1.05 bits per heavy atom. The van der Waals surface area contributed by atoms with Gasteiger partial charge in [-0.05, 0) is 42.0 Å². The summed E-state index contributed by atoms with van der Waals surface area (Å²) in [6.07, 6.45) is -3.37. The van der Waals surface area contributed by atoms with Crippen molar-refractivity contribution in [2.45, 2.75) is 53.3 Å². The minimum atomic E-state index is -4.27. The van der Waals surface area contributed by atoms with E-state index in [2.05, 4.69) is 33.0 Å². The molecule has 0 aliphatic carbocycles. The molecule has 0 heterocycles. The predicted molar refractivity (Wildman–Crippen MR) is 81.1 cm³/mol. The van der Waals surface area contributed by atoms with Gasteiger partial charge in [0, 0.05) is 6.04 Å². The fourth-order valence-electron chi connectivity index (χ4n) is 2.20. The van der Waals surface area contributed by atoms with Gasteiger partial charge in [0.2, 0.25) is 0 Å². The van der Waals surface area contributed by atoms with Crippen molar-refractivity contribution in [2.75, 3.05) is 6.54 Å². The fraction of sp³-hybridized carbons (Fsp3) is 0.647. The number of halogens is 3. The lowest BCUT2D eigenvalue weighted by Gasteiger charge is -2.31. The first-order valence-electron chi connectivity index (χ1n) is 7.46. The van der Waals surface area contributed by atoms with Crippen LogP contribution in [-0.4, -0.2) is 6.54 Å². The Balaban J connectivity index is 2.91. The highest BCUT2D eigenvalue weighted by Crippen LogP contribution is 2.34. The maximum absolute atomic E-state index is 12.6. The summed E-state index contributed by atoms with van der Waals surface area (Å²) in [4.78, 5) is 0. The quantitative estimate of drug-likeness (QED) is 0.765. The van der Waals surface area contributed by atoms with Gasteiger partial charge in [-0.2, -0.15) is 13.2 Å². The Kier molecular flexibility index (Phi) is 5.85. The smallest absolute Gasteiger partial charge is 0.310 e. The highest BCUT2D eigenvalue weighted by atomic mass is 19.4. The molecular formula is C17H26F3N. The molecule has 0 spiro atoms. The molecule has 1 N–H and O–H groups in total. The normalized spacial score (nSPS) is 15.8. The van der Waals surface area contributed by atoms with Crippen LogP contribution in [0.2, 0.25) is 0 Å². The third-order valence-electron chi connectivity index (χ3n) is 4.16. The molecule has 1 nitrogen and oxygen atoms in total. The molecule has 0 bridgehead atoms. The van der Waals surface area contributed by atoms with Gasteiger partial charge in [0.05, 0.1) is 5.56 Å². The van der Waals surface area contributed by atoms with Gasteiger partial charge in [-0.25, -0.2) is 0 Å². The second kappa shape index (κ2) is 6.82. The molecule has 2 atom stereocenters. The zero-order valence-electron chi connectivity index (χ0n) is 13.5. The second-order valence-electron chi connectivity index (χ2n) is 6.73. The van der Waals surface area contributed by atoms with E-state index >= 15 is 0 Å². The van der Waals surface area contributed by atoms with Crippen molar-refractivity contribution < 1.29 is 13.2 Å². The lowest BCUT2D eigenvalue weighted by Crippen LogP contribution is -2.27. The monoisotopic (exact) mass is 301 g/mol. The molecule has 120 valence electrons. The summed E-state index contributed by atoms with van der Waals surface area (Å²) in [5.41, 5.74) is 0.505. The van der Waals surface area contributed by atoms with Crippen molar-refractivity contribution in [1.29, 1.82) is 0 Å². The molecule has 4 heteroatoms. The molecule has 2 unspecified atom stereocenters. The van der Waals surface area contributed by atoms with Crippen molar-refractivity contribution in [1.82, 2.24) is 5.32 Å². The van der Waals surface area contributed by atoms with Crippen LogP contribution in [0.5, 0.6) is 0 Å². The van der Waals surface area contributed by atoms with E-state index in [9.17, 15) is 13.2 Å². The van der Waals surface area contributed by atoms with Crippen LogP contribution in [0.4, 0.5) is 13.2 Å². The third kappa shape index (κ3) is 5.34. The standard InChI is InChI=1S/C17H26F3N/c1-6-21-15(11-12(2)16(3,4)5)13-7-9-14(10-8-13)17(18,19)20/h7-10,12,15,21H,6,11H2,1-5H3.